The molecule has 6 atom stereocenters. The van der Waals surface area contributed by atoms with Crippen molar-refractivity contribution in [2.75, 3.05) is 0 Å². The Bertz CT molecular complexity index is 374. The lowest BCUT2D eigenvalue weighted by Gasteiger charge is -2.43. The van der Waals surface area contributed by atoms with E-state index >= 15 is 0 Å². The average Bonchev–Trinajstić information content (AvgIpc) is 2.90. The Kier molecular flexibility index (Phi) is 3.34. The fourth-order valence-corrected chi connectivity index (χ4v) is 9.45. The maximum absolute atomic E-state index is 3.15. The van der Waals surface area contributed by atoms with Crippen LogP contribution in [-0.4, -0.2) is 24.9 Å². The summed E-state index contributed by atoms with van der Waals surface area (Å²) in [4.78, 5) is 0. The molecule has 4 aliphatic rings. The van der Waals surface area contributed by atoms with Crippen LogP contribution in [0.15, 0.2) is 0 Å². The standard InChI is InChI=1S/C18H33NSi/c1-20(2,3)19-16-11-7-6-10-15(16)18-14-9-5-4-8-13(14)12-17(18)19/h13-18H,4-12H2,1-3H3. The van der Waals surface area contributed by atoms with Gasteiger partial charge in [-0.2, -0.15) is 0 Å². The van der Waals surface area contributed by atoms with Crippen molar-refractivity contribution >= 4 is 8.24 Å². The Labute approximate surface area is 126 Å². The first-order valence-corrected chi connectivity index (χ1v) is 12.8. The smallest absolute Gasteiger partial charge is 0.119 e. The summed E-state index contributed by atoms with van der Waals surface area (Å²) in [6.07, 6.45) is 13.9. The molecule has 0 N–H and O–H groups in total. The second-order valence-corrected chi connectivity index (χ2v) is 14.0. The second-order valence-electron chi connectivity index (χ2n) is 9.18. The van der Waals surface area contributed by atoms with Crippen LogP contribution in [0.5, 0.6) is 0 Å². The number of rotatable bonds is 1. The molecule has 0 spiro atoms. The Morgan fingerprint density at radius 2 is 1.40 bits per heavy atom. The molecule has 0 radical (unpaired) electrons. The minimum Gasteiger partial charge on any atom is -0.318 e. The maximum Gasteiger partial charge on any atom is 0.119 e. The van der Waals surface area contributed by atoms with E-state index in [4.69, 9.17) is 0 Å². The first-order valence-electron chi connectivity index (χ1n) is 9.36. The second kappa shape index (κ2) is 4.84. The van der Waals surface area contributed by atoms with Crippen molar-refractivity contribution in [1.82, 2.24) is 4.57 Å². The number of nitrogens with zero attached hydrogens (tertiary/aromatic N) is 1. The largest absolute Gasteiger partial charge is 0.318 e. The molecule has 3 aliphatic carbocycles. The summed E-state index contributed by atoms with van der Waals surface area (Å²) < 4.78 is 3.15. The summed E-state index contributed by atoms with van der Waals surface area (Å²) in [6.45, 7) is 7.84. The molecule has 1 nitrogen and oxygen atoms in total. The first-order chi connectivity index (χ1) is 9.57. The van der Waals surface area contributed by atoms with Gasteiger partial charge < -0.3 is 4.57 Å². The van der Waals surface area contributed by atoms with E-state index in [1.54, 1.807) is 25.7 Å². The molecule has 1 heterocycles. The van der Waals surface area contributed by atoms with Gasteiger partial charge in [0.1, 0.15) is 8.24 Å². The molecule has 20 heavy (non-hydrogen) atoms. The summed E-state index contributed by atoms with van der Waals surface area (Å²) in [5.74, 6) is 4.44. The van der Waals surface area contributed by atoms with Crippen molar-refractivity contribution in [2.45, 2.75) is 89.5 Å². The van der Waals surface area contributed by atoms with Crippen LogP contribution in [0, 0.1) is 23.7 Å². The van der Waals surface area contributed by atoms with Crippen LogP contribution in [0.25, 0.3) is 0 Å². The highest BCUT2D eigenvalue weighted by atomic mass is 28.3. The third-order valence-corrected chi connectivity index (χ3v) is 9.43. The van der Waals surface area contributed by atoms with Gasteiger partial charge in [-0.25, -0.2) is 0 Å². The van der Waals surface area contributed by atoms with E-state index < -0.39 is 8.24 Å². The van der Waals surface area contributed by atoms with Crippen LogP contribution >= 0.6 is 0 Å². The minimum atomic E-state index is -1.15. The Balaban J connectivity index is 1.68. The molecule has 1 aliphatic heterocycles. The molecule has 2 heteroatoms. The molecule has 6 unspecified atom stereocenters. The lowest BCUT2D eigenvalue weighted by molar-refractivity contribution is 0.150. The van der Waals surface area contributed by atoms with Gasteiger partial charge in [0.05, 0.1) is 0 Å². The van der Waals surface area contributed by atoms with E-state index in [2.05, 4.69) is 24.2 Å². The van der Waals surface area contributed by atoms with Gasteiger partial charge in [0.15, 0.2) is 0 Å². The minimum absolute atomic E-state index is 0.994. The van der Waals surface area contributed by atoms with Gasteiger partial charge in [0.25, 0.3) is 0 Å². The van der Waals surface area contributed by atoms with Gasteiger partial charge in [-0.05, 0) is 49.4 Å². The Hall–Kier alpha value is 0.177. The van der Waals surface area contributed by atoms with Crippen LogP contribution in [0.3, 0.4) is 0 Å². The van der Waals surface area contributed by atoms with Crippen molar-refractivity contribution in [3.05, 3.63) is 0 Å². The van der Waals surface area contributed by atoms with Gasteiger partial charge in [-0.1, -0.05) is 51.7 Å². The molecule has 4 rings (SSSR count). The van der Waals surface area contributed by atoms with Crippen LogP contribution < -0.4 is 0 Å². The van der Waals surface area contributed by atoms with Crippen LogP contribution in [0.1, 0.15) is 57.8 Å². The van der Waals surface area contributed by atoms with Crippen molar-refractivity contribution in [1.29, 1.82) is 0 Å². The molecular formula is C18H33NSi. The molecule has 1 saturated heterocycles. The molecule has 0 aromatic rings. The van der Waals surface area contributed by atoms with Gasteiger partial charge in [-0.15, -0.1) is 0 Å². The van der Waals surface area contributed by atoms with Crippen LogP contribution in [-0.2, 0) is 0 Å². The lowest BCUT2D eigenvalue weighted by atomic mass is 9.70. The molecule has 0 aromatic heterocycles. The van der Waals surface area contributed by atoms with Crippen LogP contribution in [0.2, 0.25) is 19.6 Å². The summed E-state index contributed by atoms with van der Waals surface area (Å²) in [5.41, 5.74) is 0. The predicted molar refractivity (Wildman–Crippen MR) is 88.3 cm³/mol. The fraction of sp³-hybridized carbons (Fsp3) is 1.00. The highest BCUT2D eigenvalue weighted by Gasteiger charge is 2.59. The molecule has 0 bridgehead atoms. The summed E-state index contributed by atoms with van der Waals surface area (Å²) in [6, 6.07) is 2.00. The van der Waals surface area contributed by atoms with E-state index in [1.807, 2.05) is 0 Å². The SMILES string of the molecule is C[Si](C)(C)N1C2CCCCC2C2C3CCCCC3CC21. The topological polar surface area (TPSA) is 3.24 Å². The highest BCUT2D eigenvalue weighted by molar-refractivity contribution is 6.73. The third kappa shape index (κ3) is 1.97. The summed E-state index contributed by atoms with van der Waals surface area (Å²) in [5, 5.41) is 0. The van der Waals surface area contributed by atoms with Crippen LogP contribution in [0.4, 0.5) is 0 Å². The van der Waals surface area contributed by atoms with Gasteiger partial charge >= 0.3 is 0 Å². The zero-order chi connectivity index (χ0) is 13.9. The molecule has 0 aromatic carbocycles. The Morgan fingerprint density at radius 3 is 2.15 bits per heavy atom. The lowest BCUT2D eigenvalue weighted by Crippen LogP contribution is -2.54. The monoisotopic (exact) mass is 291 g/mol. The fourth-order valence-electron chi connectivity index (χ4n) is 6.87. The van der Waals surface area contributed by atoms with Gasteiger partial charge in [-0.3, -0.25) is 0 Å². The normalized spacial score (nSPS) is 48.8. The van der Waals surface area contributed by atoms with E-state index in [0.717, 1.165) is 35.8 Å². The summed E-state index contributed by atoms with van der Waals surface area (Å²) in [7, 11) is -1.15. The predicted octanol–water partition coefficient (Wildman–Crippen LogP) is 4.89. The molecule has 3 saturated carbocycles. The number of fused-ring (bicyclic) bond motifs is 5. The molecule has 114 valence electrons. The van der Waals surface area contributed by atoms with Gasteiger partial charge in [0, 0.05) is 12.1 Å². The maximum atomic E-state index is 3.15. The number of hydrogen-bond acceptors (Lipinski definition) is 1. The van der Waals surface area contributed by atoms with Crippen molar-refractivity contribution < 1.29 is 0 Å². The van der Waals surface area contributed by atoms with E-state index in [-0.39, 0.29) is 0 Å². The van der Waals surface area contributed by atoms with E-state index in [9.17, 15) is 0 Å². The molecule has 0 amide bonds. The van der Waals surface area contributed by atoms with E-state index in [1.165, 1.54) is 32.1 Å². The zero-order valence-corrected chi connectivity index (χ0v) is 14.8. The third-order valence-electron chi connectivity index (χ3n) is 7.22. The van der Waals surface area contributed by atoms with Gasteiger partial charge in [0.2, 0.25) is 0 Å². The molecule has 4 fully saturated rings. The van der Waals surface area contributed by atoms with Crippen molar-refractivity contribution in [3.8, 4) is 0 Å². The first kappa shape index (κ1) is 13.8. The van der Waals surface area contributed by atoms with Crippen molar-refractivity contribution in [3.63, 3.8) is 0 Å². The molecular weight excluding hydrogens is 258 g/mol. The highest BCUT2D eigenvalue weighted by Crippen LogP contribution is 2.59. The summed E-state index contributed by atoms with van der Waals surface area (Å²) >= 11 is 0. The van der Waals surface area contributed by atoms with E-state index in [0.29, 0.717) is 0 Å². The quantitative estimate of drug-likeness (QED) is 0.622. The number of hydrogen-bond donors (Lipinski definition) is 0. The van der Waals surface area contributed by atoms with Crippen molar-refractivity contribution in [2.24, 2.45) is 23.7 Å². The average molecular weight is 292 g/mol. The Morgan fingerprint density at radius 1 is 0.750 bits per heavy atom. The zero-order valence-electron chi connectivity index (χ0n) is 13.8.